The van der Waals surface area contributed by atoms with Crippen molar-refractivity contribution in [1.82, 2.24) is 0 Å². The van der Waals surface area contributed by atoms with Gasteiger partial charge >= 0.3 is 0 Å². The zero-order valence-corrected chi connectivity index (χ0v) is 8.71. The molecule has 0 amide bonds. The van der Waals surface area contributed by atoms with E-state index in [1.807, 2.05) is 0 Å². The zero-order chi connectivity index (χ0) is 12.0. The molecular formula is C13H7NO3. The number of carbonyl (C=O) groups is 1. The molecule has 2 aromatic rings. The lowest BCUT2D eigenvalue weighted by Crippen LogP contribution is -1.95. The number of rotatable bonds is 1. The highest BCUT2D eigenvalue weighted by atomic mass is 16.6. The normalized spacial score (nSPS) is 12.1. The van der Waals surface area contributed by atoms with E-state index >= 15 is 0 Å². The Morgan fingerprint density at radius 3 is 2.24 bits per heavy atom. The molecule has 0 saturated carbocycles. The predicted octanol–water partition coefficient (Wildman–Crippen LogP) is 2.81. The monoisotopic (exact) mass is 225 g/mol. The average molecular weight is 225 g/mol. The van der Waals surface area contributed by atoms with Gasteiger partial charge in [0, 0.05) is 22.8 Å². The smallest absolute Gasteiger partial charge is 0.277 e. The molecule has 4 heteroatoms. The fraction of sp³-hybridized carbons (Fsp3) is 0. The summed E-state index contributed by atoms with van der Waals surface area (Å²) < 4.78 is 0. The van der Waals surface area contributed by atoms with Crippen molar-refractivity contribution in [3.05, 3.63) is 63.7 Å². The molecule has 0 N–H and O–H groups in total. The first kappa shape index (κ1) is 9.72. The van der Waals surface area contributed by atoms with E-state index in [0.29, 0.717) is 22.3 Å². The first-order valence-electron chi connectivity index (χ1n) is 5.11. The molecule has 0 heterocycles. The number of benzene rings is 2. The van der Waals surface area contributed by atoms with Gasteiger partial charge in [0.25, 0.3) is 5.69 Å². The van der Waals surface area contributed by atoms with Crippen LogP contribution in [0.3, 0.4) is 0 Å². The van der Waals surface area contributed by atoms with E-state index in [1.54, 1.807) is 36.4 Å². The summed E-state index contributed by atoms with van der Waals surface area (Å²) in [6.07, 6.45) is 0. The van der Waals surface area contributed by atoms with Crippen LogP contribution in [0.4, 0.5) is 5.69 Å². The van der Waals surface area contributed by atoms with Crippen molar-refractivity contribution in [2.45, 2.75) is 0 Å². The predicted molar refractivity (Wildman–Crippen MR) is 62.0 cm³/mol. The van der Waals surface area contributed by atoms with Crippen LogP contribution in [0.15, 0.2) is 42.5 Å². The number of nitro groups is 1. The van der Waals surface area contributed by atoms with Gasteiger partial charge in [0.1, 0.15) is 0 Å². The molecular weight excluding hydrogens is 218 g/mol. The van der Waals surface area contributed by atoms with E-state index < -0.39 is 4.92 Å². The Balaban J connectivity index is 2.42. The lowest BCUT2D eigenvalue weighted by Gasteiger charge is -2.00. The number of carbonyl (C=O) groups excluding carboxylic acids is 1. The van der Waals surface area contributed by atoms with Crippen LogP contribution in [-0.2, 0) is 0 Å². The largest absolute Gasteiger partial charge is 0.289 e. The molecule has 17 heavy (non-hydrogen) atoms. The minimum atomic E-state index is -0.450. The average Bonchev–Trinajstić information content (AvgIpc) is 2.64. The fourth-order valence-electron chi connectivity index (χ4n) is 2.21. The molecule has 0 radical (unpaired) electrons. The standard InChI is InChI=1S/C13H7NO3/c15-13-9-5-2-1-4-8(9)12-10(13)6-3-7-11(12)14(16)17/h1-7H. The molecule has 0 atom stereocenters. The van der Waals surface area contributed by atoms with E-state index in [4.69, 9.17) is 0 Å². The van der Waals surface area contributed by atoms with Gasteiger partial charge in [-0.25, -0.2) is 0 Å². The minimum absolute atomic E-state index is 0.0131. The Bertz CT molecular complexity index is 661. The summed E-state index contributed by atoms with van der Waals surface area (Å²) in [5.74, 6) is -0.140. The molecule has 0 aliphatic heterocycles. The lowest BCUT2D eigenvalue weighted by atomic mass is 10.0. The van der Waals surface area contributed by atoms with E-state index in [1.165, 1.54) is 6.07 Å². The molecule has 0 saturated heterocycles. The summed E-state index contributed by atoms with van der Waals surface area (Å²) in [7, 11) is 0. The summed E-state index contributed by atoms with van der Waals surface area (Å²) >= 11 is 0. The highest BCUT2D eigenvalue weighted by Crippen LogP contribution is 2.41. The van der Waals surface area contributed by atoms with Crippen LogP contribution in [0.1, 0.15) is 15.9 Å². The van der Waals surface area contributed by atoms with Crippen LogP contribution in [0, 0.1) is 10.1 Å². The third-order valence-electron chi connectivity index (χ3n) is 2.92. The van der Waals surface area contributed by atoms with Gasteiger partial charge in [0.2, 0.25) is 0 Å². The molecule has 0 bridgehead atoms. The number of nitrogens with zero attached hydrogens (tertiary/aromatic N) is 1. The van der Waals surface area contributed by atoms with E-state index in [0.717, 1.165) is 0 Å². The van der Waals surface area contributed by atoms with Crippen LogP contribution in [-0.4, -0.2) is 10.7 Å². The Morgan fingerprint density at radius 2 is 1.53 bits per heavy atom. The first-order chi connectivity index (χ1) is 8.20. The van der Waals surface area contributed by atoms with Crippen molar-refractivity contribution in [3.63, 3.8) is 0 Å². The topological polar surface area (TPSA) is 60.2 Å². The lowest BCUT2D eigenvalue weighted by molar-refractivity contribution is -0.384. The van der Waals surface area contributed by atoms with Gasteiger partial charge in [-0.15, -0.1) is 0 Å². The molecule has 3 rings (SSSR count). The molecule has 0 unspecified atom stereocenters. The molecule has 0 aromatic heterocycles. The maximum absolute atomic E-state index is 12.0. The second-order valence-corrected chi connectivity index (χ2v) is 3.83. The number of hydrogen-bond donors (Lipinski definition) is 0. The summed E-state index contributed by atoms with van der Waals surface area (Å²) in [4.78, 5) is 22.6. The molecule has 1 aliphatic rings. The molecule has 1 aliphatic carbocycles. The summed E-state index contributed by atoms with van der Waals surface area (Å²) in [5.41, 5.74) is 2.04. The van der Waals surface area contributed by atoms with Gasteiger partial charge in [-0.1, -0.05) is 30.3 Å². The van der Waals surface area contributed by atoms with Crippen molar-refractivity contribution < 1.29 is 9.72 Å². The molecule has 0 spiro atoms. The SMILES string of the molecule is O=C1c2ccccc2-c2c1cccc2[N+](=O)[O-]. The quantitative estimate of drug-likeness (QED) is 0.472. The molecule has 82 valence electrons. The van der Waals surface area contributed by atoms with E-state index in [-0.39, 0.29) is 11.5 Å². The highest BCUT2D eigenvalue weighted by molar-refractivity contribution is 6.23. The number of fused-ring (bicyclic) bond motifs is 3. The van der Waals surface area contributed by atoms with Crippen molar-refractivity contribution in [2.75, 3.05) is 0 Å². The van der Waals surface area contributed by atoms with Crippen molar-refractivity contribution in [2.24, 2.45) is 0 Å². The summed E-state index contributed by atoms with van der Waals surface area (Å²) in [6.45, 7) is 0. The van der Waals surface area contributed by atoms with Gasteiger partial charge < -0.3 is 0 Å². The maximum atomic E-state index is 12.0. The van der Waals surface area contributed by atoms with Crippen LogP contribution in [0.5, 0.6) is 0 Å². The van der Waals surface area contributed by atoms with E-state index in [9.17, 15) is 14.9 Å². The Labute approximate surface area is 96.7 Å². The zero-order valence-electron chi connectivity index (χ0n) is 8.71. The van der Waals surface area contributed by atoms with Crippen LogP contribution in [0.2, 0.25) is 0 Å². The van der Waals surface area contributed by atoms with Crippen LogP contribution >= 0.6 is 0 Å². The Hall–Kier alpha value is -2.49. The second kappa shape index (κ2) is 3.25. The summed E-state index contributed by atoms with van der Waals surface area (Å²) in [6, 6.07) is 11.6. The van der Waals surface area contributed by atoms with Gasteiger partial charge in [-0.05, 0) is 6.07 Å². The molecule has 2 aromatic carbocycles. The van der Waals surface area contributed by atoms with Gasteiger partial charge in [0.15, 0.2) is 5.78 Å². The number of nitro benzene ring substituents is 1. The van der Waals surface area contributed by atoms with Gasteiger partial charge in [-0.3, -0.25) is 14.9 Å². The van der Waals surface area contributed by atoms with Crippen LogP contribution < -0.4 is 0 Å². The van der Waals surface area contributed by atoms with Crippen molar-refractivity contribution in [1.29, 1.82) is 0 Å². The van der Waals surface area contributed by atoms with Crippen molar-refractivity contribution in [3.8, 4) is 11.1 Å². The number of hydrogen-bond acceptors (Lipinski definition) is 3. The Morgan fingerprint density at radius 1 is 0.882 bits per heavy atom. The fourth-order valence-corrected chi connectivity index (χ4v) is 2.21. The first-order valence-corrected chi connectivity index (χ1v) is 5.11. The Kier molecular flexibility index (Phi) is 1.86. The molecule has 4 nitrogen and oxygen atoms in total. The molecule has 0 fully saturated rings. The third kappa shape index (κ3) is 1.21. The number of ketones is 1. The van der Waals surface area contributed by atoms with Gasteiger partial charge in [0.05, 0.1) is 10.5 Å². The maximum Gasteiger partial charge on any atom is 0.277 e. The third-order valence-corrected chi connectivity index (χ3v) is 2.92. The van der Waals surface area contributed by atoms with Crippen LogP contribution in [0.25, 0.3) is 11.1 Å². The van der Waals surface area contributed by atoms with Gasteiger partial charge in [-0.2, -0.15) is 0 Å². The second-order valence-electron chi connectivity index (χ2n) is 3.83. The highest BCUT2D eigenvalue weighted by Gasteiger charge is 2.32. The van der Waals surface area contributed by atoms with E-state index in [2.05, 4.69) is 0 Å². The summed E-state index contributed by atoms with van der Waals surface area (Å²) in [5, 5.41) is 11.0. The van der Waals surface area contributed by atoms with Crippen molar-refractivity contribution >= 4 is 11.5 Å². The minimum Gasteiger partial charge on any atom is -0.289 e.